The SMILES string of the molecule is C=CCON1C(C)(C)CN(CCCC)C(C=O)C1(CC)CC. The lowest BCUT2D eigenvalue weighted by molar-refractivity contribution is -0.304. The van der Waals surface area contributed by atoms with Gasteiger partial charge < -0.3 is 4.79 Å². The van der Waals surface area contributed by atoms with Crippen molar-refractivity contribution in [2.24, 2.45) is 0 Å². The Labute approximate surface area is 136 Å². The van der Waals surface area contributed by atoms with Crippen LogP contribution in [0.3, 0.4) is 0 Å². The average molecular weight is 310 g/mol. The highest BCUT2D eigenvalue weighted by molar-refractivity contribution is 5.61. The van der Waals surface area contributed by atoms with Gasteiger partial charge in [0.1, 0.15) is 6.29 Å². The van der Waals surface area contributed by atoms with Gasteiger partial charge in [0.2, 0.25) is 0 Å². The maximum absolute atomic E-state index is 12.0. The van der Waals surface area contributed by atoms with Crippen molar-refractivity contribution in [2.75, 3.05) is 19.7 Å². The molecular formula is C18H34N2O2. The molecular weight excluding hydrogens is 276 g/mol. The maximum Gasteiger partial charge on any atom is 0.139 e. The standard InChI is InChI=1S/C18H34N2O2/c1-7-11-12-19-15-17(5,6)20(22-13-8-2)18(9-3,10-4)16(19)14-21/h8,14,16H,2,7,9-13,15H2,1,3-6H3. The molecule has 0 aromatic rings. The first-order valence-corrected chi connectivity index (χ1v) is 8.67. The van der Waals surface area contributed by atoms with E-state index in [1.54, 1.807) is 6.08 Å². The van der Waals surface area contributed by atoms with Crippen molar-refractivity contribution in [1.29, 1.82) is 0 Å². The van der Waals surface area contributed by atoms with Crippen molar-refractivity contribution in [3.05, 3.63) is 12.7 Å². The smallest absolute Gasteiger partial charge is 0.139 e. The molecule has 1 aliphatic heterocycles. The number of piperazine rings is 1. The number of hydrogen-bond acceptors (Lipinski definition) is 4. The lowest BCUT2D eigenvalue weighted by Gasteiger charge is -2.60. The van der Waals surface area contributed by atoms with E-state index < -0.39 is 0 Å². The number of carbonyl (C=O) groups excluding carboxylic acids is 1. The molecule has 1 saturated heterocycles. The summed E-state index contributed by atoms with van der Waals surface area (Å²) >= 11 is 0. The molecule has 1 aliphatic rings. The summed E-state index contributed by atoms with van der Waals surface area (Å²) in [4.78, 5) is 20.4. The lowest BCUT2D eigenvalue weighted by Crippen LogP contribution is -2.74. The van der Waals surface area contributed by atoms with Crippen LogP contribution in [0.4, 0.5) is 0 Å². The van der Waals surface area contributed by atoms with Gasteiger partial charge in [-0.25, -0.2) is 0 Å². The second kappa shape index (κ2) is 8.23. The first kappa shape index (κ1) is 19.3. The Morgan fingerprint density at radius 3 is 2.36 bits per heavy atom. The summed E-state index contributed by atoms with van der Waals surface area (Å²) < 4.78 is 0. The molecule has 0 aromatic carbocycles. The van der Waals surface area contributed by atoms with Gasteiger partial charge in [-0.2, -0.15) is 5.06 Å². The fourth-order valence-corrected chi connectivity index (χ4v) is 3.90. The Morgan fingerprint density at radius 1 is 1.27 bits per heavy atom. The monoisotopic (exact) mass is 310 g/mol. The van der Waals surface area contributed by atoms with Crippen molar-refractivity contribution < 1.29 is 9.63 Å². The van der Waals surface area contributed by atoms with Gasteiger partial charge in [-0.15, -0.1) is 6.58 Å². The van der Waals surface area contributed by atoms with E-state index >= 15 is 0 Å². The van der Waals surface area contributed by atoms with Gasteiger partial charge in [-0.1, -0.05) is 33.3 Å². The topological polar surface area (TPSA) is 32.8 Å². The Hall–Kier alpha value is -0.710. The first-order chi connectivity index (χ1) is 10.4. The number of hydroxylamine groups is 2. The number of aldehydes is 1. The number of hydrogen-bond donors (Lipinski definition) is 0. The van der Waals surface area contributed by atoms with E-state index in [-0.39, 0.29) is 17.1 Å². The van der Waals surface area contributed by atoms with E-state index in [0.717, 1.165) is 45.1 Å². The third kappa shape index (κ3) is 3.61. The molecule has 0 aromatic heterocycles. The molecule has 1 atom stereocenters. The number of carbonyl (C=O) groups is 1. The maximum atomic E-state index is 12.0. The summed E-state index contributed by atoms with van der Waals surface area (Å²) in [5.74, 6) is 0. The van der Waals surface area contributed by atoms with Crippen LogP contribution in [0.15, 0.2) is 12.7 Å². The van der Waals surface area contributed by atoms with Gasteiger partial charge >= 0.3 is 0 Å². The van der Waals surface area contributed by atoms with Gasteiger partial charge in [-0.05, 0) is 39.7 Å². The quantitative estimate of drug-likeness (QED) is 0.482. The van der Waals surface area contributed by atoms with Crippen molar-refractivity contribution in [3.8, 4) is 0 Å². The molecule has 0 spiro atoms. The van der Waals surface area contributed by atoms with E-state index in [1.807, 2.05) is 0 Å². The van der Waals surface area contributed by atoms with Crippen LogP contribution < -0.4 is 0 Å². The normalized spacial score (nSPS) is 25.0. The summed E-state index contributed by atoms with van der Waals surface area (Å²) in [6.07, 6.45) is 6.93. The predicted octanol–water partition coefficient (Wildman–Crippen LogP) is 3.43. The lowest BCUT2D eigenvalue weighted by atomic mass is 9.77. The molecule has 128 valence electrons. The number of rotatable bonds is 9. The van der Waals surface area contributed by atoms with Crippen LogP contribution in [0.5, 0.6) is 0 Å². The zero-order chi connectivity index (χ0) is 16.8. The zero-order valence-corrected chi connectivity index (χ0v) is 15.1. The van der Waals surface area contributed by atoms with Crippen LogP contribution in [0, 0.1) is 0 Å². The summed E-state index contributed by atoms with van der Waals surface area (Å²) in [6.45, 7) is 17.0. The molecule has 0 radical (unpaired) electrons. The van der Waals surface area contributed by atoms with E-state index in [4.69, 9.17) is 4.84 Å². The molecule has 4 heteroatoms. The third-order valence-corrected chi connectivity index (χ3v) is 4.96. The van der Waals surface area contributed by atoms with E-state index in [2.05, 4.69) is 51.2 Å². The minimum atomic E-state index is -0.278. The fraction of sp³-hybridized carbons (Fsp3) is 0.833. The molecule has 1 unspecified atom stereocenters. The molecule has 1 fully saturated rings. The Kier molecular flexibility index (Phi) is 7.23. The second-order valence-electron chi connectivity index (χ2n) is 6.91. The van der Waals surface area contributed by atoms with Gasteiger partial charge in [0.05, 0.1) is 23.7 Å². The Morgan fingerprint density at radius 2 is 1.91 bits per heavy atom. The summed E-state index contributed by atoms with van der Waals surface area (Å²) in [5.41, 5.74) is -0.414. The van der Waals surface area contributed by atoms with Crippen LogP contribution in [0.1, 0.15) is 60.3 Å². The molecule has 0 aliphatic carbocycles. The van der Waals surface area contributed by atoms with Crippen LogP contribution in [0.25, 0.3) is 0 Å². The molecule has 0 amide bonds. The molecule has 22 heavy (non-hydrogen) atoms. The highest BCUT2D eigenvalue weighted by Gasteiger charge is 2.54. The minimum absolute atomic E-state index is 0.119. The van der Waals surface area contributed by atoms with E-state index in [1.165, 1.54) is 0 Å². The zero-order valence-electron chi connectivity index (χ0n) is 15.1. The minimum Gasteiger partial charge on any atom is -0.302 e. The highest BCUT2D eigenvalue weighted by Crippen LogP contribution is 2.41. The van der Waals surface area contributed by atoms with Gasteiger partial charge in [0.25, 0.3) is 0 Å². The largest absolute Gasteiger partial charge is 0.302 e. The van der Waals surface area contributed by atoms with Gasteiger partial charge in [0.15, 0.2) is 0 Å². The molecule has 1 heterocycles. The first-order valence-electron chi connectivity index (χ1n) is 8.67. The second-order valence-corrected chi connectivity index (χ2v) is 6.91. The fourth-order valence-electron chi connectivity index (χ4n) is 3.90. The summed E-state index contributed by atoms with van der Waals surface area (Å²) in [6, 6.07) is -0.119. The Balaban J connectivity index is 3.21. The average Bonchev–Trinajstić information content (AvgIpc) is 2.50. The molecule has 0 saturated carbocycles. The van der Waals surface area contributed by atoms with Crippen LogP contribution in [0.2, 0.25) is 0 Å². The van der Waals surface area contributed by atoms with Crippen LogP contribution in [-0.4, -0.2) is 53.1 Å². The van der Waals surface area contributed by atoms with Crippen molar-refractivity contribution in [1.82, 2.24) is 9.96 Å². The van der Waals surface area contributed by atoms with Crippen molar-refractivity contribution in [2.45, 2.75) is 77.4 Å². The summed E-state index contributed by atoms with van der Waals surface area (Å²) in [7, 11) is 0. The molecule has 4 nitrogen and oxygen atoms in total. The number of unbranched alkanes of at least 4 members (excludes halogenated alkanes) is 1. The van der Waals surface area contributed by atoms with Crippen molar-refractivity contribution in [3.63, 3.8) is 0 Å². The molecule has 1 rings (SSSR count). The van der Waals surface area contributed by atoms with Crippen molar-refractivity contribution >= 4 is 6.29 Å². The van der Waals surface area contributed by atoms with Gasteiger partial charge in [-0.3, -0.25) is 9.74 Å². The van der Waals surface area contributed by atoms with Gasteiger partial charge in [0, 0.05) is 6.54 Å². The predicted molar refractivity (Wildman–Crippen MR) is 91.7 cm³/mol. The van der Waals surface area contributed by atoms with E-state index in [9.17, 15) is 4.79 Å². The number of nitrogens with zero attached hydrogens (tertiary/aromatic N) is 2. The molecule has 0 N–H and O–H groups in total. The van der Waals surface area contributed by atoms with Crippen LogP contribution in [-0.2, 0) is 9.63 Å². The van der Waals surface area contributed by atoms with E-state index in [0.29, 0.717) is 6.61 Å². The molecule has 0 bridgehead atoms. The Bertz CT molecular complexity index is 364. The van der Waals surface area contributed by atoms with Crippen LogP contribution >= 0.6 is 0 Å². The highest BCUT2D eigenvalue weighted by atomic mass is 16.7. The third-order valence-electron chi connectivity index (χ3n) is 4.96. The summed E-state index contributed by atoms with van der Waals surface area (Å²) in [5, 5.41) is 2.10.